The molecule has 0 saturated heterocycles. The first-order chi connectivity index (χ1) is 10.2. The normalized spacial score (nSPS) is 9.50. The van der Waals surface area contributed by atoms with Crippen molar-refractivity contribution in [1.82, 2.24) is 0 Å². The van der Waals surface area contributed by atoms with Gasteiger partial charge in [0.15, 0.2) is 0 Å². The second kappa shape index (κ2) is 8.98. The van der Waals surface area contributed by atoms with E-state index in [0.717, 1.165) is 24.3 Å². The minimum absolute atomic E-state index is 0. The molecule has 0 aliphatic carbocycles. The molecule has 24 heavy (non-hydrogen) atoms. The third-order valence-corrected chi connectivity index (χ3v) is 3.03. The summed E-state index contributed by atoms with van der Waals surface area (Å²) in [7, 11) is 0. The molecule has 4 radical (unpaired) electrons. The van der Waals surface area contributed by atoms with Crippen molar-refractivity contribution < 1.29 is 39.6 Å². The molecule has 116 valence electrons. The van der Waals surface area contributed by atoms with Gasteiger partial charge in [0.25, 0.3) is 0 Å². The molecular weight excluding hydrogens is 376 g/mol. The Kier molecular flexibility index (Phi) is 8.64. The molecule has 0 fully saturated rings. The monoisotopic (exact) mass is 384 g/mol. The Labute approximate surface area is 194 Å². The summed E-state index contributed by atoms with van der Waals surface area (Å²) in [6, 6.07) is 4.00. The summed E-state index contributed by atoms with van der Waals surface area (Å²) in [5.41, 5.74) is -2.06. The summed E-state index contributed by atoms with van der Waals surface area (Å²) in [5, 5.41) is 36.3. The van der Waals surface area contributed by atoms with E-state index < -0.39 is 46.1 Å². The molecule has 8 nitrogen and oxygen atoms in total. The van der Waals surface area contributed by atoms with E-state index in [1.54, 1.807) is 0 Å². The number of rotatable bonds is 4. The van der Waals surface area contributed by atoms with Crippen LogP contribution >= 0.6 is 0 Å². The average molecular weight is 384 g/mol. The molecule has 2 rings (SSSR count). The molecule has 0 aliphatic rings. The van der Waals surface area contributed by atoms with Crippen LogP contribution in [0, 0.1) is 0 Å². The Hall–Kier alpha value is -0.901. The first-order valence-electron chi connectivity index (χ1n) is 5.77. The van der Waals surface area contributed by atoms with Crippen molar-refractivity contribution in [2.24, 2.45) is 0 Å². The Bertz CT molecular complexity index is 722. The van der Waals surface area contributed by atoms with Crippen molar-refractivity contribution in [3.63, 3.8) is 0 Å². The topological polar surface area (TPSA) is 149 Å². The molecule has 0 amide bonds. The van der Waals surface area contributed by atoms with Crippen LogP contribution in [0.1, 0.15) is 41.4 Å². The molecule has 0 unspecified atom stereocenters. The predicted molar refractivity (Wildman–Crippen MR) is 83.3 cm³/mol. The van der Waals surface area contributed by atoms with E-state index in [1.807, 2.05) is 0 Å². The zero-order valence-electron chi connectivity index (χ0n) is 12.1. The molecule has 0 aromatic heterocycles. The molecule has 0 bridgehead atoms. The minimum atomic E-state index is -1.49. The molecule has 2 aromatic carbocycles. The van der Waals surface area contributed by atoms with Crippen molar-refractivity contribution in [1.29, 1.82) is 0 Å². The summed E-state index contributed by atoms with van der Waals surface area (Å²) < 4.78 is 0. The SMILES string of the molecule is O=C(O)c1cc2cc(C(=O)O)c(C(=O)O)cc2cc1C(=O)O.[Ca].[Ca]. The number of benzene rings is 2. The van der Waals surface area contributed by atoms with Gasteiger partial charge in [0.1, 0.15) is 0 Å². The van der Waals surface area contributed by atoms with Crippen LogP contribution in [-0.4, -0.2) is 120 Å². The van der Waals surface area contributed by atoms with Crippen molar-refractivity contribution >= 4 is 110 Å². The van der Waals surface area contributed by atoms with Crippen molar-refractivity contribution in [2.45, 2.75) is 0 Å². The van der Waals surface area contributed by atoms with Crippen LogP contribution in [0.25, 0.3) is 10.8 Å². The van der Waals surface area contributed by atoms with Gasteiger partial charge < -0.3 is 20.4 Å². The smallest absolute Gasteiger partial charge is 0.336 e. The van der Waals surface area contributed by atoms with E-state index in [9.17, 15) is 19.2 Å². The fraction of sp³-hybridized carbons (Fsp3) is 0. The summed E-state index contributed by atoms with van der Waals surface area (Å²) in [6.45, 7) is 0. The van der Waals surface area contributed by atoms with Crippen LogP contribution in [0.15, 0.2) is 24.3 Å². The van der Waals surface area contributed by atoms with Gasteiger partial charge in [-0.2, -0.15) is 0 Å². The second-order valence-electron chi connectivity index (χ2n) is 4.36. The summed E-state index contributed by atoms with van der Waals surface area (Å²) in [5.74, 6) is -5.95. The average Bonchev–Trinajstić information content (AvgIpc) is 2.43. The summed E-state index contributed by atoms with van der Waals surface area (Å²) in [6.07, 6.45) is 0. The van der Waals surface area contributed by atoms with E-state index in [4.69, 9.17) is 20.4 Å². The molecular formula is C14H8Ca2O8. The van der Waals surface area contributed by atoms with Gasteiger partial charge in [-0.25, -0.2) is 19.2 Å². The third-order valence-electron chi connectivity index (χ3n) is 3.03. The number of aromatic carboxylic acids is 4. The molecule has 4 N–H and O–H groups in total. The van der Waals surface area contributed by atoms with E-state index >= 15 is 0 Å². The van der Waals surface area contributed by atoms with Crippen LogP contribution in [-0.2, 0) is 0 Å². The van der Waals surface area contributed by atoms with Gasteiger partial charge in [0.05, 0.1) is 22.3 Å². The predicted octanol–water partition coefficient (Wildman–Crippen LogP) is 0.871. The van der Waals surface area contributed by atoms with Crippen LogP contribution in [0.2, 0.25) is 0 Å². The van der Waals surface area contributed by atoms with E-state index in [1.165, 1.54) is 0 Å². The number of carbonyl (C=O) groups is 4. The molecule has 0 saturated carbocycles. The standard InChI is InChI=1S/C14H8O8.2Ca/c15-11(16)7-1-5-2-9(13(19)20)10(14(21)22)4-6(5)3-8(7)12(17)18;;/h1-4H,(H,15,16)(H,17,18)(H,19,20)(H,21,22);;. The fourth-order valence-electron chi connectivity index (χ4n) is 2.06. The zero-order valence-corrected chi connectivity index (χ0v) is 16.6. The maximum atomic E-state index is 11.1. The van der Waals surface area contributed by atoms with Gasteiger partial charge >= 0.3 is 23.9 Å². The minimum Gasteiger partial charge on any atom is -0.478 e. The number of hydrogen-bond acceptors (Lipinski definition) is 4. The Morgan fingerprint density at radius 1 is 0.500 bits per heavy atom. The Morgan fingerprint density at radius 2 is 0.667 bits per heavy atom. The summed E-state index contributed by atoms with van der Waals surface area (Å²) in [4.78, 5) is 44.4. The molecule has 0 aliphatic heterocycles. The van der Waals surface area contributed by atoms with Crippen molar-refractivity contribution in [2.75, 3.05) is 0 Å². The zero-order chi connectivity index (χ0) is 16.6. The third kappa shape index (κ3) is 4.59. The van der Waals surface area contributed by atoms with E-state index in [2.05, 4.69) is 0 Å². The van der Waals surface area contributed by atoms with E-state index in [0.29, 0.717) is 0 Å². The van der Waals surface area contributed by atoms with Gasteiger partial charge in [-0.05, 0) is 35.0 Å². The van der Waals surface area contributed by atoms with Gasteiger partial charge in [-0.15, -0.1) is 0 Å². The molecule has 0 spiro atoms. The molecule has 2 aromatic rings. The number of fused-ring (bicyclic) bond motifs is 1. The Balaban J connectivity index is 0.00000264. The quantitative estimate of drug-likeness (QED) is 0.567. The maximum absolute atomic E-state index is 11.1. The van der Waals surface area contributed by atoms with Crippen LogP contribution < -0.4 is 0 Å². The molecule has 0 atom stereocenters. The number of hydrogen-bond donors (Lipinski definition) is 4. The first-order valence-corrected chi connectivity index (χ1v) is 5.77. The van der Waals surface area contributed by atoms with Crippen LogP contribution in [0.4, 0.5) is 0 Å². The fourth-order valence-corrected chi connectivity index (χ4v) is 2.06. The largest absolute Gasteiger partial charge is 0.478 e. The van der Waals surface area contributed by atoms with E-state index in [-0.39, 0.29) is 86.2 Å². The molecule has 10 heteroatoms. The Morgan fingerprint density at radius 3 is 0.792 bits per heavy atom. The van der Waals surface area contributed by atoms with Gasteiger partial charge in [0.2, 0.25) is 0 Å². The second-order valence-corrected chi connectivity index (χ2v) is 4.36. The van der Waals surface area contributed by atoms with Crippen molar-refractivity contribution in [3.8, 4) is 0 Å². The van der Waals surface area contributed by atoms with Gasteiger partial charge in [-0.3, -0.25) is 0 Å². The number of carboxylic acid groups (broad SMARTS) is 4. The molecule has 0 heterocycles. The van der Waals surface area contributed by atoms with Crippen molar-refractivity contribution in [3.05, 3.63) is 46.5 Å². The summed E-state index contributed by atoms with van der Waals surface area (Å²) >= 11 is 0. The van der Waals surface area contributed by atoms with Gasteiger partial charge in [-0.1, -0.05) is 0 Å². The van der Waals surface area contributed by atoms with Crippen LogP contribution in [0.3, 0.4) is 0 Å². The maximum Gasteiger partial charge on any atom is 0.336 e. The van der Waals surface area contributed by atoms with Gasteiger partial charge in [0, 0.05) is 75.5 Å². The number of carboxylic acids is 4. The van der Waals surface area contributed by atoms with Crippen LogP contribution in [0.5, 0.6) is 0 Å². The first kappa shape index (κ1) is 23.1.